The molecule has 1 aromatic rings. The van der Waals surface area contributed by atoms with Crippen molar-refractivity contribution in [1.82, 2.24) is 0 Å². The van der Waals surface area contributed by atoms with E-state index in [4.69, 9.17) is 11.5 Å². The van der Waals surface area contributed by atoms with Gasteiger partial charge in [0, 0.05) is 0 Å². The Morgan fingerprint density at radius 2 is 1.46 bits per heavy atom. The van der Waals surface area contributed by atoms with Crippen LogP contribution in [-0.4, -0.2) is 24.6 Å². The largest absolute Gasteiger partial charge is 0.573 e. The molecule has 0 saturated carbocycles. The number of amides is 1. The third-order valence-corrected chi connectivity index (χ3v) is 2.57. The van der Waals surface area contributed by atoms with Gasteiger partial charge in [-0.2, -0.15) is 4.99 Å². The summed E-state index contributed by atoms with van der Waals surface area (Å²) < 4.78 is 80.2. The smallest absolute Gasteiger partial charge is 0.405 e. The monoisotopic (exact) mass is 445 g/mol. The zero-order valence-corrected chi connectivity index (χ0v) is 13.4. The summed E-state index contributed by atoms with van der Waals surface area (Å²) in [4.78, 5) is 14.6. The first-order valence-electron chi connectivity index (χ1n) is 5.27. The Hall–Kier alpha value is -1.89. The highest BCUT2D eigenvalue weighted by Gasteiger charge is 2.36. The lowest BCUT2D eigenvalue weighted by molar-refractivity contribution is -0.277. The van der Waals surface area contributed by atoms with Crippen molar-refractivity contribution in [2.45, 2.75) is 12.7 Å². The van der Waals surface area contributed by atoms with Gasteiger partial charge in [0.15, 0.2) is 5.96 Å². The van der Waals surface area contributed by atoms with E-state index in [1.54, 1.807) is 0 Å². The molecule has 0 saturated heterocycles. The number of halogens is 8. The molecular formula is C10H7BrClF6N3O3. The number of hydrogen-bond donors (Lipinski definition) is 2. The number of alkyl halides is 6. The van der Waals surface area contributed by atoms with E-state index in [-0.39, 0.29) is 12.4 Å². The van der Waals surface area contributed by atoms with Gasteiger partial charge in [0.25, 0.3) is 5.91 Å². The van der Waals surface area contributed by atoms with E-state index in [0.717, 1.165) is 0 Å². The highest BCUT2D eigenvalue weighted by atomic mass is 79.9. The normalized spacial score (nSPS) is 11.3. The summed E-state index contributed by atoms with van der Waals surface area (Å²) in [5, 5.41) is 0. The molecule has 136 valence electrons. The molecule has 0 aliphatic carbocycles. The van der Waals surface area contributed by atoms with Crippen molar-refractivity contribution < 1.29 is 40.6 Å². The van der Waals surface area contributed by atoms with E-state index in [0.29, 0.717) is 12.1 Å². The Labute approximate surface area is 144 Å². The van der Waals surface area contributed by atoms with Crippen molar-refractivity contribution in [3.05, 3.63) is 22.2 Å². The zero-order valence-electron chi connectivity index (χ0n) is 11.0. The summed E-state index contributed by atoms with van der Waals surface area (Å²) >= 11 is 2.57. The number of rotatable bonds is 3. The maximum Gasteiger partial charge on any atom is 0.573 e. The maximum absolute atomic E-state index is 12.3. The predicted octanol–water partition coefficient (Wildman–Crippen LogP) is 3.08. The quantitative estimate of drug-likeness (QED) is 0.422. The van der Waals surface area contributed by atoms with E-state index < -0.39 is 46.1 Å². The number of aliphatic imine (C=N–C) groups is 1. The Kier molecular flexibility index (Phi) is 7.17. The Balaban J connectivity index is 0.00000529. The van der Waals surface area contributed by atoms with Crippen LogP contribution in [0.2, 0.25) is 0 Å². The first kappa shape index (κ1) is 22.1. The standard InChI is InChI=1S/C10H6BrF6N3O3.ClH/c11-4-2-5(22-9(12,13)14)3(7(21)20-8(18)19)1-6(4)23-10(15,16)17;/h1-2H,(H4,18,19,20,21);1H. The lowest BCUT2D eigenvalue weighted by atomic mass is 10.2. The third kappa shape index (κ3) is 7.12. The van der Waals surface area contributed by atoms with E-state index >= 15 is 0 Å². The Bertz CT molecular complexity index is 646. The topological polar surface area (TPSA) is 99.9 Å². The molecule has 1 aromatic carbocycles. The predicted molar refractivity (Wildman–Crippen MR) is 74.9 cm³/mol. The lowest BCUT2D eigenvalue weighted by Crippen LogP contribution is -2.25. The molecule has 0 radical (unpaired) electrons. The average molecular weight is 447 g/mol. The summed E-state index contributed by atoms with van der Waals surface area (Å²) in [6.07, 6.45) is -10.4. The number of nitrogens with zero attached hydrogens (tertiary/aromatic N) is 1. The summed E-state index contributed by atoms with van der Waals surface area (Å²) in [5.41, 5.74) is 8.81. The number of guanidine groups is 1. The van der Waals surface area contributed by atoms with Gasteiger partial charge in [-0.1, -0.05) is 0 Å². The zero-order chi connectivity index (χ0) is 18.0. The fraction of sp³-hybridized carbons (Fsp3) is 0.200. The van der Waals surface area contributed by atoms with E-state index in [9.17, 15) is 31.1 Å². The first-order chi connectivity index (χ1) is 10.3. The molecule has 0 fully saturated rings. The van der Waals surface area contributed by atoms with Crippen molar-refractivity contribution >= 4 is 40.2 Å². The molecule has 0 bridgehead atoms. The number of benzene rings is 1. The van der Waals surface area contributed by atoms with Crippen LogP contribution in [0.4, 0.5) is 26.3 Å². The summed E-state index contributed by atoms with van der Waals surface area (Å²) in [5.74, 6) is -4.37. The number of nitrogens with two attached hydrogens (primary N) is 2. The van der Waals surface area contributed by atoms with Gasteiger partial charge in [-0.15, -0.1) is 38.7 Å². The van der Waals surface area contributed by atoms with Crippen LogP contribution >= 0.6 is 28.3 Å². The van der Waals surface area contributed by atoms with Crippen molar-refractivity contribution in [3.63, 3.8) is 0 Å². The summed E-state index contributed by atoms with van der Waals surface area (Å²) in [6.45, 7) is 0. The molecule has 0 heterocycles. The second-order valence-corrected chi connectivity index (χ2v) is 4.57. The van der Waals surface area contributed by atoms with Crippen LogP contribution in [0.5, 0.6) is 11.5 Å². The molecule has 24 heavy (non-hydrogen) atoms. The highest BCUT2D eigenvalue weighted by molar-refractivity contribution is 9.10. The second kappa shape index (κ2) is 7.79. The van der Waals surface area contributed by atoms with Gasteiger partial charge < -0.3 is 20.9 Å². The molecule has 6 nitrogen and oxygen atoms in total. The summed E-state index contributed by atoms with van der Waals surface area (Å²) in [6, 6.07) is 0.817. The second-order valence-electron chi connectivity index (χ2n) is 3.72. The van der Waals surface area contributed by atoms with Crippen LogP contribution in [0.25, 0.3) is 0 Å². The van der Waals surface area contributed by atoms with Gasteiger partial charge in [0.1, 0.15) is 11.5 Å². The Morgan fingerprint density at radius 1 is 1.00 bits per heavy atom. The van der Waals surface area contributed by atoms with Crippen LogP contribution < -0.4 is 20.9 Å². The molecule has 0 aliphatic heterocycles. The lowest BCUT2D eigenvalue weighted by Gasteiger charge is -2.15. The van der Waals surface area contributed by atoms with Gasteiger partial charge in [-0.05, 0) is 28.1 Å². The minimum atomic E-state index is -5.21. The van der Waals surface area contributed by atoms with Gasteiger partial charge in [-0.25, -0.2) is 0 Å². The first-order valence-corrected chi connectivity index (χ1v) is 6.07. The Morgan fingerprint density at radius 3 is 1.88 bits per heavy atom. The number of ether oxygens (including phenoxy) is 2. The van der Waals surface area contributed by atoms with Gasteiger partial charge in [-0.3, -0.25) is 4.79 Å². The number of carbonyl (C=O) groups excluding carboxylic acids is 1. The van der Waals surface area contributed by atoms with Crippen molar-refractivity contribution in [1.29, 1.82) is 0 Å². The highest BCUT2D eigenvalue weighted by Crippen LogP contribution is 2.38. The van der Waals surface area contributed by atoms with Gasteiger partial charge in [0.2, 0.25) is 0 Å². The molecule has 0 aromatic heterocycles. The van der Waals surface area contributed by atoms with Crippen LogP contribution in [0.1, 0.15) is 10.4 Å². The van der Waals surface area contributed by atoms with E-state index in [1.165, 1.54) is 0 Å². The maximum atomic E-state index is 12.3. The number of hydrogen-bond acceptors (Lipinski definition) is 3. The minimum absolute atomic E-state index is 0. The van der Waals surface area contributed by atoms with E-state index in [1.807, 2.05) is 0 Å². The summed E-state index contributed by atoms with van der Waals surface area (Å²) in [7, 11) is 0. The van der Waals surface area contributed by atoms with Crippen LogP contribution in [-0.2, 0) is 0 Å². The van der Waals surface area contributed by atoms with Gasteiger partial charge in [0.05, 0.1) is 10.0 Å². The molecule has 0 spiro atoms. The molecule has 0 atom stereocenters. The van der Waals surface area contributed by atoms with Crippen molar-refractivity contribution in [3.8, 4) is 11.5 Å². The molecule has 1 amide bonds. The SMILES string of the molecule is Cl.NC(N)=NC(=O)c1cc(OC(F)(F)F)c(Br)cc1OC(F)(F)F. The van der Waals surface area contributed by atoms with Crippen molar-refractivity contribution in [2.75, 3.05) is 0 Å². The van der Waals surface area contributed by atoms with E-state index in [2.05, 4.69) is 30.4 Å². The fourth-order valence-electron chi connectivity index (χ4n) is 1.29. The fourth-order valence-corrected chi connectivity index (χ4v) is 1.70. The molecule has 4 N–H and O–H groups in total. The molecule has 1 rings (SSSR count). The van der Waals surface area contributed by atoms with Crippen LogP contribution in [0, 0.1) is 0 Å². The van der Waals surface area contributed by atoms with Crippen LogP contribution in [0.15, 0.2) is 21.6 Å². The molecular weight excluding hydrogens is 439 g/mol. The molecule has 0 aliphatic rings. The molecule has 0 unspecified atom stereocenters. The van der Waals surface area contributed by atoms with Crippen molar-refractivity contribution in [2.24, 2.45) is 16.5 Å². The molecule has 14 heteroatoms. The van der Waals surface area contributed by atoms with Gasteiger partial charge >= 0.3 is 12.7 Å². The minimum Gasteiger partial charge on any atom is -0.405 e. The average Bonchev–Trinajstić information content (AvgIpc) is 2.27. The van der Waals surface area contributed by atoms with Crippen LogP contribution in [0.3, 0.4) is 0 Å². The number of carbonyl (C=O) groups is 1. The third-order valence-electron chi connectivity index (χ3n) is 1.95.